The van der Waals surface area contributed by atoms with Crippen LogP contribution < -0.4 is 11.1 Å². The summed E-state index contributed by atoms with van der Waals surface area (Å²) in [4.78, 5) is 8.69. The molecule has 0 fully saturated rings. The van der Waals surface area contributed by atoms with Crippen molar-refractivity contribution in [2.24, 2.45) is 0 Å². The molecule has 0 aliphatic heterocycles. The summed E-state index contributed by atoms with van der Waals surface area (Å²) in [5, 5.41) is 4.32. The highest BCUT2D eigenvalue weighted by molar-refractivity contribution is 5.83. The Bertz CT molecular complexity index is 737. The van der Waals surface area contributed by atoms with E-state index in [1.807, 2.05) is 49.4 Å². The van der Waals surface area contributed by atoms with E-state index < -0.39 is 0 Å². The standard InChI is InChI=1S/C15H14N4/c1-10-4-6-13(16)15(18-10)19-12-5-7-14-11(9-12)3-2-8-17-14/h2-9H,16H2,1H3,(H,18,19). The van der Waals surface area contributed by atoms with Gasteiger partial charge < -0.3 is 11.1 Å². The van der Waals surface area contributed by atoms with E-state index in [4.69, 9.17) is 5.73 Å². The number of anilines is 3. The molecule has 2 heterocycles. The van der Waals surface area contributed by atoms with Gasteiger partial charge in [0.2, 0.25) is 0 Å². The molecule has 0 bridgehead atoms. The Morgan fingerprint density at radius 3 is 2.89 bits per heavy atom. The van der Waals surface area contributed by atoms with Crippen molar-refractivity contribution in [3.63, 3.8) is 0 Å². The number of fused-ring (bicyclic) bond motifs is 1. The average molecular weight is 250 g/mol. The van der Waals surface area contributed by atoms with Crippen LogP contribution in [-0.4, -0.2) is 9.97 Å². The van der Waals surface area contributed by atoms with Gasteiger partial charge in [0.05, 0.1) is 11.2 Å². The van der Waals surface area contributed by atoms with Crippen LogP contribution in [0.1, 0.15) is 5.69 Å². The molecule has 94 valence electrons. The van der Waals surface area contributed by atoms with Gasteiger partial charge in [-0.2, -0.15) is 0 Å². The molecule has 0 saturated carbocycles. The molecular weight excluding hydrogens is 236 g/mol. The topological polar surface area (TPSA) is 63.8 Å². The van der Waals surface area contributed by atoms with E-state index in [9.17, 15) is 0 Å². The quantitative estimate of drug-likeness (QED) is 0.732. The first-order chi connectivity index (χ1) is 9.22. The van der Waals surface area contributed by atoms with Gasteiger partial charge in [0.15, 0.2) is 5.82 Å². The Kier molecular flexibility index (Phi) is 2.76. The van der Waals surface area contributed by atoms with Crippen LogP contribution in [-0.2, 0) is 0 Å². The van der Waals surface area contributed by atoms with Crippen LogP contribution in [0.15, 0.2) is 48.7 Å². The molecule has 3 aromatic rings. The zero-order valence-electron chi connectivity index (χ0n) is 10.6. The molecule has 0 spiro atoms. The van der Waals surface area contributed by atoms with Crippen molar-refractivity contribution in [3.8, 4) is 0 Å². The van der Waals surface area contributed by atoms with Crippen molar-refractivity contribution in [1.29, 1.82) is 0 Å². The summed E-state index contributed by atoms with van der Waals surface area (Å²) in [5.74, 6) is 0.684. The fourth-order valence-corrected chi connectivity index (χ4v) is 1.96. The summed E-state index contributed by atoms with van der Waals surface area (Å²) < 4.78 is 0. The Morgan fingerprint density at radius 1 is 1.11 bits per heavy atom. The number of hydrogen-bond donors (Lipinski definition) is 2. The third-order valence-corrected chi connectivity index (χ3v) is 2.93. The molecule has 3 rings (SSSR count). The van der Waals surface area contributed by atoms with Gasteiger partial charge in [-0.3, -0.25) is 4.98 Å². The molecule has 19 heavy (non-hydrogen) atoms. The molecule has 0 aliphatic carbocycles. The number of nitrogens with one attached hydrogen (secondary N) is 1. The molecule has 0 saturated heterocycles. The van der Waals surface area contributed by atoms with Gasteiger partial charge >= 0.3 is 0 Å². The van der Waals surface area contributed by atoms with Crippen molar-refractivity contribution in [3.05, 3.63) is 54.4 Å². The largest absolute Gasteiger partial charge is 0.396 e. The fourth-order valence-electron chi connectivity index (χ4n) is 1.96. The van der Waals surface area contributed by atoms with E-state index >= 15 is 0 Å². The lowest BCUT2D eigenvalue weighted by molar-refractivity contribution is 1.20. The highest BCUT2D eigenvalue weighted by Gasteiger charge is 2.03. The molecule has 0 atom stereocenters. The number of nitrogens with two attached hydrogens (primary N) is 1. The molecule has 4 heteroatoms. The Morgan fingerprint density at radius 2 is 2.00 bits per heavy atom. The van der Waals surface area contributed by atoms with Crippen LogP contribution >= 0.6 is 0 Å². The lowest BCUT2D eigenvalue weighted by Gasteiger charge is -2.09. The number of nitrogens with zero attached hydrogens (tertiary/aromatic N) is 2. The molecule has 3 N–H and O–H groups in total. The van der Waals surface area contributed by atoms with Gasteiger partial charge in [-0.25, -0.2) is 4.98 Å². The number of hydrogen-bond acceptors (Lipinski definition) is 4. The number of nitrogen functional groups attached to an aromatic ring is 1. The van der Waals surface area contributed by atoms with Gasteiger partial charge in [-0.1, -0.05) is 6.07 Å². The van der Waals surface area contributed by atoms with Gasteiger partial charge in [0.25, 0.3) is 0 Å². The van der Waals surface area contributed by atoms with E-state index in [1.165, 1.54) is 0 Å². The number of aryl methyl sites for hydroxylation is 1. The zero-order chi connectivity index (χ0) is 13.2. The molecule has 1 aromatic carbocycles. The lowest BCUT2D eigenvalue weighted by Crippen LogP contribution is -2.00. The van der Waals surface area contributed by atoms with Crippen LogP contribution in [0.5, 0.6) is 0 Å². The summed E-state index contributed by atoms with van der Waals surface area (Å²) in [7, 11) is 0. The number of rotatable bonds is 2. The summed E-state index contributed by atoms with van der Waals surface area (Å²) >= 11 is 0. The molecule has 0 unspecified atom stereocenters. The van der Waals surface area contributed by atoms with Crippen molar-refractivity contribution < 1.29 is 0 Å². The van der Waals surface area contributed by atoms with Crippen LogP contribution in [0.25, 0.3) is 10.9 Å². The molecule has 4 nitrogen and oxygen atoms in total. The van der Waals surface area contributed by atoms with Gasteiger partial charge in [0, 0.05) is 23.0 Å². The number of benzene rings is 1. The monoisotopic (exact) mass is 250 g/mol. The minimum atomic E-state index is 0.636. The minimum absolute atomic E-state index is 0.636. The maximum absolute atomic E-state index is 5.91. The van der Waals surface area contributed by atoms with Crippen molar-refractivity contribution in [2.45, 2.75) is 6.92 Å². The smallest absolute Gasteiger partial charge is 0.153 e. The van der Waals surface area contributed by atoms with Crippen molar-refractivity contribution in [2.75, 3.05) is 11.1 Å². The third-order valence-electron chi connectivity index (χ3n) is 2.93. The molecule has 0 amide bonds. The molecule has 0 radical (unpaired) electrons. The van der Waals surface area contributed by atoms with Crippen LogP contribution in [0.3, 0.4) is 0 Å². The molecule has 0 aliphatic rings. The Labute approximate surface area is 111 Å². The predicted octanol–water partition coefficient (Wildman–Crippen LogP) is 3.26. The van der Waals surface area contributed by atoms with Gasteiger partial charge in [-0.05, 0) is 43.3 Å². The predicted molar refractivity (Wildman–Crippen MR) is 78.4 cm³/mol. The molecule has 2 aromatic heterocycles. The number of aromatic nitrogens is 2. The first-order valence-electron chi connectivity index (χ1n) is 6.07. The maximum atomic E-state index is 5.91. The Balaban J connectivity index is 1.98. The number of pyridine rings is 2. The third kappa shape index (κ3) is 2.33. The van der Waals surface area contributed by atoms with E-state index in [0.717, 1.165) is 22.3 Å². The first-order valence-corrected chi connectivity index (χ1v) is 6.07. The van der Waals surface area contributed by atoms with Gasteiger partial charge in [-0.15, -0.1) is 0 Å². The maximum Gasteiger partial charge on any atom is 0.153 e. The van der Waals surface area contributed by atoms with Crippen molar-refractivity contribution >= 4 is 28.1 Å². The van der Waals surface area contributed by atoms with E-state index in [2.05, 4.69) is 15.3 Å². The highest BCUT2D eigenvalue weighted by Crippen LogP contribution is 2.23. The summed E-state index contributed by atoms with van der Waals surface area (Å²) in [6, 6.07) is 13.7. The van der Waals surface area contributed by atoms with E-state index in [-0.39, 0.29) is 0 Å². The second-order valence-corrected chi connectivity index (χ2v) is 4.43. The summed E-state index contributed by atoms with van der Waals surface area (Å²) in [6.07, 6.45) is 1.79. The second kappa shape index (κ2) is 4.57. The van der Waals surface area contributed by atoms with Crippen LogP contribution in [0.2, 0.25) is 0 Å². The minimum Gasteiger partial charge on any atom is -0.396 e. The average Bonchev–Trinajstić information content (AvgIpc) is 2.43. The Hall–Kier alpha value is -2.62. The van der Waals surface area contributed by atoms with E-state index in [0.29, 0.717) is 11.5 Å². The first kappa shape index (κ1) is 11.5. The van der Waals surface area contributed by atoms with Crippen LogP contribution in [0.4, 0.5) is 17.2 Å². The van der Waals surface area contributed by atoms with Crippen LogP contribution in [0, 0.1) is 6.92 Å². The van der Waals surface area contributed by atoms with E-state index in [1.54, 1.807) is 6.20 Å². The van der Waals surface area contributed by atoms with Gasteiger partial charge in [0.1, 0.15) is 0 Å². The SMILES string of the molecule is Cc1ccc(N)c(Nc2ccc3ncccc3c2)n1. The zero-order valence-corrected chi connectivity index (χ0v) is 10.6. The highest BCUT2D eigenvalue weighted by atomic mass is 15.0. The molecular formula is C15H14N4. The fraction of sp³-hybridized carbons (Fsp3) is 0.0667. The lowest BCUT2D eigenvalue weighted by atomic mass is 10.2. The van der Waals surface area contributed by atoms with Crippen molar-refractivity contribution in [1.82, 2.24) is 9.97 Å². The summed E-state index contributed by atoms with van der Waals surface area (Å²) in [5.41, 5.74) is 9.40. The normalized spacial score (nSPS) is 10.6. The second-order valence-electron chi connectivity index (χ2n) is 4.43. The summed E-state index contributed by atoms with van der Waals surface area (Å²) in [6.45, 7) is 1.94.